The molecule has 2 N–H and O–H groups in total. The standard InChI is InChI=1S/C12H15F3N2O2S2.ClH/c13-12(14,15)20-10-3-5-11(6-4-10)21(18,19)17-7-1-2-9(17)8-16;/h3-6,9H,1-2,7-8,16H2;1H. The zero-order valence-corrected chi connectivity index (χ0v) is 13.9. The van der Waals surface area contributed by atoms with Crippen LogP contribution in [0.25, 0.3) is 0 Å². The van der Waals surface area contributed by atoms with Crippen LogP contribution >= 0.6 is 24.2 Å². The number of nitrogens with zero attached hydrogens (tertiary/aromatic N) is 1. The lowest BCUT2D eigenvalue weighted by atomic mass is 10.2. The van der Waals surface area contributed by atoms with E-state index in [9.17, 15) is 21.6 Å². The third kappa shape index (κ3) is 4.51. The minimum Gasteiger partial charge on any atom is -0.329 e. The first-order valence-corrected chi connectivity index (χ1v) is 8.57. The molecule has 0 saturated carbocycles. The van der Waals surface area contributed by atoms with Crippen LogP contribution in [0, 0.1) is 0 Å². The molecular formula is C12H16ClF3N2O2S2. The number of nitrogens with two attached hydrogens (primary N) is 1. The van der Waals surface area contributed by atoms with E-state index in [4.69, 9.17) is 5.73 Å². The Morgan fingerprint density at radius 2 is 1.86 bits per heavy atom. The van der Waals surface area contributed by atoms with Crippen LogP contribution in [0.4, 0.5) is 13.2 Å². The second kappa shape index (κ2) is 7.39. The molecule has 0 radical (unpaired) electrons. The van der Waals surface area contributed by atoms with Crippen molar-refractivity contribution in [3.8, 4) is 0 Å². The Morgan fingerprint density at radius 3 is 2.36 bits per heavy atom. The minimum absolute atomic E-state index is 0. The first kappa shape index (κ1) is 19.6. The van der Waals surface area contributed by atoms with Gasteiger partial charge in [0.2, 0.25) is 10.0 Å². The molecule has 126 valence electrons. The van der Waals surface area contributed by atoms with E-state index >= 15 is 0 Å². The lowest BCUT2D eigenvalue weighted by molar-refractivity contribution is -0.0328. The van der Waals surface area contributed by atoms with Crippen LogP contribution in [0.5, 0.6) is 0 Å². The molecule has 0 aromatic heterocycles. The number of hydrogen-bond acceptors (Lipinski definition) is 4. The van der Waals surface area contributed by atoms with E-state index in [1.807, 2.05) is 0 Å². The highest BCUT2D eigenvalue weighted by molar-refractivity contribution is 8.00. The molecule has 0 bridgehead atoms. The Hall–Kier alpha value is -0.480. The summed E-state index contributed by atoms with van der Waals surface area (Å²) < 4.78 is 62.9. The molecule has 1 aliphatic rings. The van der Waals surface area contributed by atoms with E-state index in [-0.39, 0.29) is 46.5 Å². The van der Waals surface area contributed by atoms with Crippen molar-refractivity contribution in [1.82, 2.24) is 4.31 Å². The molecule has 1 saturated heterocycles. The van der Waals surface area contributed by atoms with Gasteiger partial charge in [-0.25, -0.2) is 8.42 Å². The highest BCUT2D eigenvalue weighted by atomic mass is 35.5. The summed E-state index contributed by atoms with van der Waals surface area (Å²) in [6, 6.07) is 4.50. The van der Waals surface area contributed by atoms with Crippen LogP contribution in [0.3, 0.4) is 0 Å². The van der Waals surface area contributed by atoms with Crippen molar-refractivity contribution in [1.29, 1.82) is 0 Å². The smallest absolute Gasteiger partial charge is 0.329 e. The summed E-state index contributed by atoms with van der Waals surface area (Å²) in [6.45, 7) is 0.629. The van der Waals surface area contributed by atoms with Gasteiger partial charge in [-0.3, -0.25) is 0 Å². The number of sulfonamides is 1. The number of thioether (sulfide) groups is 1. The van der Waals surface area contributed by atoms with Gasteiger partial charge in [0.1, 0.15) is 0 Å². The van der Waals surface area contributed by atoms with Crippen molar-refractivity contribution in [3.63, 3.8) is 0 Å². The van der Waals surface area contributed by atoms with E-state index in [0.717, 1.165) is 6.42 Å². The first-order valence-electron chi connectivity index (χ1n) is 6.32. The van der Waals surface area contributed by atoms with Crippen LogP contribution in [-0.4, -0.2) is 37.4 Å². The van der Waals surface area contributed by atoms with Crippen molar-refractivity contribution in [2.75, 3.05) is 13.1 Å². The molecule has 0 aliphatic carbocycles. The summed E-state index contributed by atoms with van der Waals surface area (Å²) in [4.78, 5) is -0.0485. The van der Waals surface area contributed by atoms with Gasteiger partial charge in [0, 0.05) is 24.0 Å². The van der Waals surface area contributed by atoms with Crippen LogP contribution < -0.4 is 5.73 Å². The quantitative estimate of drug-likeness (QED) is 0.821. The Labute approximate surface area is 137 Å². The molecule has 10 heteroatoms. The third-order valence-electron chi connectivity index (χ3n) is 3.26. The van der Waals surface area contributed by atoms with Crippen molar-refractivity contribution >= 4 is 34.2 Å². The zero-order valence-electron chi connectivity index (χ0n) is 11.4. The summed E-state index contributed by atoms with van der Waals surface area (Å²) in [5.74, 6) is 0. The van der Waals surface area contributed by atoms with Crippen LogP contribution in [0.2, 0.25) is 0 Å². The van der Waals surface area contributed by atoms with Crippen molar-refractivity contribution in [2.24, 2.45) is 5.73 Å². The summed E-state index contributed by atoms with van der Waals surface area (Å²) in [5.41, 5.74) is 1.17. The monoisotopic (exact) mass is 376 g/mol. The fourth-order valence-corrected chi connectivity index (χ4v) is 4.55. The third-order valence-corrected chi connectivity index (χ3v) is 5.96. The second-order valence-corrected chi connectivity index (χ2v) is 7.70. The van der Waals surface area contributed by atoms with Gasteiger partial charge in [-0.1, -0.05) is 0 Å². The number of rotatable bonds is 4. The van der Waals surface area contributed by atoms with Gasteiger partial charge < -0.3 is 5.73 Å². The van der Waals surface area contributed by atoms with E-state index in [2.05, 4.69) is 0 Å². The average Bonchev–Trinajstić information content (AvgIpc) is 2.86. The Kier molecular flexibility index (Phi) is 6.58. The SMILES string of the molecule is Cl.NCC1CCCN1S(=O)(=O)c1ccc(SC(F)(F)F)cc1. The predicted octanol–water partition coefficient (Wildman–Crippen LogP) is 2.83. The summed E-state index contributed by atoms with van der Waals surface area (Å²) in [6.07, 6.45) is 1.45. The molecule has 1 heterocycles. The molecule has 0 spiro atoms. The van der Waals surface area contributed by atoms with Crippen molar-refractivity contribution in [2.45, 2.75) is 34.2 Å². The Balaban J connectivity index is 0.00000242. The lowest BCUT2D eigenvalue weighted by Crippen LogP contribution is -2.39. The first-order chi connectivity index (χ1) is 9.74. The Morgan fingerprint density at radius 1 is 1.27 bits per heavy atom. The highest BCUT2D eigenvalue weighted by Gasteiger charge is 2.34. The van der Waals surface area contributed by atoms with Gasteiger partial charge in [0.05, 0.1) is 4.90 Å². The molecule has 1 aliphatic heterocycles. The number of alkyl halides is 3. The predicted molar refractivity (Wildman–Crippen MR) is 81.6 cm³/mol. The normalized spacial score (nSPS) is 19.9. The zero-order chi connectivity index (χ0) is 15.7. The summed E-state index contributed by atoms with van der Waals surface area (Å²) >= 11 is -0.271. The second-order valence-electron chi connectivity index (χ2n) is 4.67. The number of hydrogen-bond donors (Lipinski definition) is 1. The maximum atomic E-state index is 12.4. The van der Waals surface area contributed by atoms with E-state index in [1.54, 1.807) is 0 Å². The maximum absolute atomic E-state index is 12.4. The molecule has 1 aromatic carbocycles. The van der Waals surface area contributed by atoms with E-state index in [0.29, 0.717) is 13.0 Å². The number of benzene rings is 1. The van der Waals surface area contributed by atoms with E-state index in [1.165, 1.54) is 28.6 Å². The summed E-state index contributed by atoms with van der Waals surface area (Å²) in [7, 11) is -3.70. The topological polar surface area (TPSA) is 63.4 Å². The Bertz CT molecular complexity index is 593. The molecular weight excluding hydrogens is 361 g/mol. The van der Waals surface area contributed by atoms with Crippen LogP contribution in [-0.2, 0) is 10.0 Å². The van der Waals surface area contributed by atoms with Gasteiger partial charge in [-0.2, -0.15) is 17.5 Å². The lowest BCUT2D eigenvalue weighted by Gasteiger charge is -2.22. The summed E-state index contributed by atoms with van der Waals surface area (Å²) in [5, 5.41) is 0. The number of halogens is 4. The van der Waals surface area contributed by atoms with Gasteiger partial charge in [0.15, 0.2) is 0 Å². The average molecular weight is 377 g/mol. The van der Waals surface area contributed by atoms with Gasteiger partial charge in [0.25, 0.3) is 0 Å². The van der Waals surface area contributed by atoms with Gasteiger partial charge >= 0.3 is 5.51 Å². The molecule has 1 atom stereocenters. The van der Waals surface area contributed by atoms with Gasteiger partial charge in [-0.15, -0.1) is 12.4 Å². The largest absolute Gasteiger partial charge is 0.446 e. The van der Waals surface area contributed by atoms with E-state index < -0.39 is 15.5 Å². The molecule has 0 amide bonds. The fraction of sp³-hybridized carbons (Fsp3) is 0.500. The molecule has 1 unspecified atom stereocenters. The van der Waals surface area contributed by atoms with Crippen LogP contribution in [0.1, 0.15) is 12.8 Å². The van der Waals surface area contributed by atoms with Crippen molar-refractivity contribution in [3.05, 3.63) is 24.3 Å². The van der Waals surface area contributed by atoms with Crippen LogP contribution in [0.15, 0.2) is 34.1 Å². The molecule has 1 aromatic rings. The molecule has 1 fully saturated rings. The highest BCUT2D eigenvalue weighted by Crippen LogP contribution is 2.37. The van der Waals surface area contributed by atoms with Crippen molar-refractivity contribution < 1.29 is 21.6 Å². The van der Waals surface area contributed by atoms with Gasteiger partial charge in [-0.05, 0) is 48.9 Å². The molecule has 22 heavy (non-hydrogen) atoms. The maximum Gasteiger partial charge on any atom is 0.446 e. The molecule has 4 nitrogen and oxygen atoms in total. The molecule has 2 rings (SSSR count). The fourth-order valence-electron chi connectivity index (χ4n) is 2.31. The minimum atomic E-state index is -4.39.